The molecule has 0 fully saturated rings. The maximum Gasteiger partial charge on any atom is 0.307 e. The van der Waals surface area contributed by atoms with Crippen molar-refractivity contribution < 1.29 is 18.4 Å². The zero-order chi connectivity index (χ0) is 15.4. The van der Waals surface area contributed by atoms with E-state index in [1.54, 1.807) is 19.3 Å². The van der Waals surface area contributed by atoms with Gasteiger partial charge < -0.3 is 10.1 Å². The van der Waals surface area contributed by atoms with Crippen LogP contribution in [0.5, 0.6) is 11.5 Å². The van der Waals surface area contributed by atoms with Gasteiger partial charge in [0.25, 0.3) is 0 Å². The molecule has 1 N–H and O–H groups in total. The van der Waals surface area contributed by atoms with Crippen LogP contribution in [0.15, 0.2) is 30.6 Å². The van der Waals surface area contributed by atoms with Gasteiger partial charge in [-0.05, 0) is 18.7 Å². The molecule has 1 aromatic carbocycles. The van der Waals surface area contributed by atoms with E-state index in [4.69, 9.17) is 4.74 Å². The van der Waals surface area contributed by atoms with Crippen LogP contribution in [-0.2, 0) is 6.54 Å². The minimum atomic E-state index is -1.17. The molecule has 0 aliphatic heterocycles. The van der Waals surface area contributed by atoms with Crippen molar-refractivity contribution in [1.82, 2.24) is 10.3 Å². The number of halogens is 2. The van der Waals surface area contributed by atoms with Crippen LogP contribution in [0.25, 0.3) is 0 Å². The molecule has 2 rings (SSSR count). The lowest BCUT2D eigenvalue weighted by atomic mass is 10.2. The van der Waals surface area contributed by atoms with E-state index in [0.29, 0.717) is 18.7 Å². The summed E-state index contributed by atoms with van der Waals surface area (Å²) in [6, 6.07) is 2.72. The number of ether oxygens (including phenoxy) is 1. The lowest BCUT2D eigenvalue weighted by molar-refractivity contribution is -0.387. The Morgan fingerprint density at radius 3 is 2.71 bits per heavy atom. The molecule has 6 nitrogen and oxygen atoms in total. The van der Waals surface area contributed by atoms with E-state index in [-0.39, 0.29) is 5.75 Å². The monoisotopic (exact) mass is 295 g/mol. The Morgan fingerprint density at radius 1 is 1.29 bits per heavy atom. The molecule has 0 radical (unpaired) electrons. The summed E-state index contributed by atoms with van der Waals surface area (Å²) in [5.41, 5.74) is -0.153. The Labute approximate surface area is 118 Å². The first kappa shape index (κ1) is 14.8. The maximum atomic E-state index is 13.7. The summed E-state index contributed by atoms with van der Waals surface area (Å²) in [6.07, 6.45) is 2.92. The minimum absolute atomic E-state index is 0.204. The zero-order valence-electron chi connectivity index (χ0n) is 11.0. The van der Waals surface area contributed by atoms with Crippen molar-refractivity contribution in [1.29, 1.82) is 0 Å². The molecule has 0 aliphatic carbocycles. The van der Waals surface area contributed by atoms with E-state index in [1.165, 1.54) is 6.20 Å². The van der Waals surface area contributed by atoms with Crippen LogP contribution in [0.3, 0.4) is 0 Å². The number of hydrogen-bond donors (Lipinski definition) is 1. The van der Waals surface area contributed by atoms with Crippen molar-refractivity contribution in [3.05, 3.63) is 57.9 Å². The van der Waals surface area contributed by atoms with Gasteiger partial charge in [-0.15, -0.1) is 0 Å². The molecule has 0 amide bonds. The Hall–Kier alpha value is -2.61. The molecule has 110 valence electrons. The van der Waals surface area contributed by atoms with E-state index < -0.39 is 28.0 Å². The summed E-state index contributed by atoms with van der Waals surface area (Å²) in [6.45, 7) is 0.529. The number of nitrogens with one attached hydrogen (secondary N) is 1. The van der Waals surface area contributed by atoms with Crippen molar-refractivity contribution in [2.75, 3.05) is 7.05 Å². The molecule has 2 aromatic rings. The standard InChI is InChI=1S/C13H11F2N3O3/c1-16-5-8-2-9(7-17-6-8)21-13-4-10(14)12(18(19)20)3-11(13)15/h2-4,6-7,16H,5H2,1H3. The molecular weight excluding hydrogens is 284 g/mol. The molecule has 0 bridgehead atoms. The van der Waals surface area contributed by atoms with Crippen LogP contribution in [0.2, 0.25) is 0 Å². The highest BCUT2D eigenvalue weighted by Crippen LogP contribution is 2.29. The fourth-order valence-electron chi connectivity index (χ4n) is 1.68. The number of nitro groups is 1. The first-order valence-electron chi connectivity index (χ1n) is 5.91. The average Bonchev–Trinajstić information content (AvgIpc) is 2.43. The van der Waals surface area contributed by atoms with Crippen molar-refractivity contribution in [2.24, 2.45) is 0 Å². The number of benzene rings is 1. The quantitative estimate of drug-likeness (QED) is 0.678. The fourth-order valence-corrected chi connectivity index (χ4v) is 1.68. The van der Waals surface area contributed by atoms with Crippen molar-refractivity contribution in [3.8, 4) is 11.5 Å². The molecule has 0 atom stereocenters. The minimum Gasteiger partial charge on any atom is -0.453 e. The molecule has 8 heteroatoms. The van der Waals surface area contributed by atoms with Gasteiger partial charge in [0.15, 0.2) is 11.6 Å². The van der Waals surface area contributed by atoms with Crippen molar-refractivity contribution in [2.45, 2.75) is 6.54 Å². The van der Waals surface area contributed by atoms with Gasteiger partial charge in [0, 0.05) is 18.8 Å². The molecule has 21 heavy (non-hydrogen) atoms. The summed E-state index contributed by atoms with van der Waals surface area (Å²) < 4.78 is 32.3. The highest BCUT2D eigenvalue weighted by molar-refractivity contribution is 5.41. The Kier molecular flexibility index (Phi) is 4.39. The van der Waals surface area contributed by atoms with Gasteiger partial charge >= 0.3 is 5.69 Å². The third-order valence-corrected chi connectivity index (χ3v) is 2.58. The number of pyridine rings is 1. The molecule has 1 heterocycles. The smallest absolute Gasteiger partial charge is 0.307 e. The molecule has 0 saturated carbocycles. The van der Waals surface area contributed by atoms with Crippen LogP contribution in [0, 0.1) is 21.7 Å². The number of nitrogens with zero attached hydrogens (tertiary/aromatic N) is 2. The van der Waals surface area contributed by atoms with Gasteiger partial charge in [-0.2, -0.15) is 4.39 Å². The molecule has 0 spiro atoms. The van der Waals surface area contributed by atoms with E-state index >= 15 is 0 Å². The summed E-state index contributed by atoms with van der Waals surface area (Å²) in [5.74, 6) is -2.44. The van der Waals surface area contributed by atoms with Crippen molar-refractivity contribution >= 4 is 5.69 Å². The molecule has 0 aliphatic rings. The normalized spacial score (nSPS) is 10.4. The highest BCUT2D eigenvalue weighted by Gasteiger charge is 2.19. The van der Waals surface area contributed by atoms with E-state index in [2.05, 4.69) is 10.3 Å². The number of hydrogen-bond acceptors (Lipinski definition) is 5. The topological polar surface area (TPSA) is 77.3 Å². The van der Waals surface area contributed by atoms with Gasteiger partial charge in [-0.3, -0.25) is 15.1 Å². The van der Waals surface area contributed by atoms with Gasteiger partial charge in [-0.25, -0.2) is 4.39 Å². The predicted molar refractivity (Wildman–Crippen MR) is 70.1 cm³/mol. The third kappa shape index (κ3) is 3.48. The fraction of sp³-hybridized carbons (Fsp3) is 0.154. The molecule has 0 unspecified atom stereocenters. The zero-order valence-corrected chi connectivity index (χ0v) is 11.0. The van der Waals surface area contributed by atoms with Gasteiger partial charge in [-0.1, -0.05) is 0 Å². The van der Waals surface area contributed by atoms with Crippen LogP contribution >= 0.6 is 0 Å². The first-order valence-corrected chi connectivity index (χ1v) is 5.91. The summed E-state index contributed by atoms with van der Waals surface area (Å²) >= 11 is 0. The Balaban J connectivity index is 2.29. The second-order valence-corrected chi connectivity index (χ2v) is 4.15. The molecule has 0 saturated heterocycles. The van der Waals surface area contributed by atoms with Crippen LogP contribution in [0.4, 0.5) is 14.5 Å². The van der Waals surface area contributed by atoms with Crippen LogP contribution < -0.4 is 10.1 Å². The van der Waals surface area contributed by atoms with Crippen molar-refractivity contribution in [3.63, 3.8) is 0 Å². The van der Waals surface area contributed by atoms with E-state index in [9.17, 15) is 18.9 Å². The number of aromatic nitrogens is 1. The van der Waals surface area contributed by atoms with Gasteiger partial charge in [0.05, 0.1) is 17.2 Å². The summed E-state index contributed by atoms with van der Waals surface area (Å²) in [4.78, 5) is 13.4. The number of nitro benzene ring substituents is 1. The largest absolute Gasteiger partial charge is 0.453 e. The second-order valence-electron chi connectivity index (χ2n) is 4.15. The highest BCUT2D eigenvalue weighted by atomic mass is 19.1. The van der Waals surface area contributed by atoms with Crippen LogP contribution in [0.1, 0.15) is 5.56 Å². The molecular formula is C13H11F2N3O3. The SMILES string of the molecule is CNCc1cncc(Oc2cc(F)c([N+](=O)[O-])cc2F)c1. The lowest BCUT2D eigenvalue weighted by Gasteiger charge is -2.08. The van der Waals surface area contributed by atoms with E-state index in [1.807, 2.05) is 0 Å². The second kappa shape index (κ2) is 6.23. The number of rotatable bonds is 5. The van der Waals surface area contributed by atoms with Gasteiger partial charge in [0.2, 0.25) is 5.82 Å². The van der Waals surface area contributed by atoms with Crippen LogP contribution in [-0.4, -0.2) is 17.0 Å². The van der Waals surface area contributed by atoms with Gasteiger partial charge in [0.1, 0.15) is 5.75 Å². The lowest BCUT2D eigenvalue weighted by Crippen LogP contribution is -2.05. The maximum absolute atomic E-state index is 13.7. The summed E-state index contributed by atoms with van der Waals surface area (Å²) in [5, 5.41) is 13.4. The Morgan fingerprint density at radius 2 is 2.05 bits per heavy atom. The Bertz CT molecular complexity index is 680. The van der Waals surface area contributed by atoms with E-state index in [0.717, 1.165) is 5.56 Å². The summed E-state index contributed by atoms with van der Waals surface area (Å²) in [7, 11) is 1.75. The first-order chi connectivity index (χ1) is 10.0. The third-order valence-electron chi connectivity index (χ3n) is 2.58. The predicted octanol–water partition coefficient (Wildman–Crippen LogP) is 2.78. The average molecular weight is 295 g/mol. The molecule has 1 aromatic heterocycles.